The van der Waals surface area contributed by atoms with E-state index in [9.17, 15) is 9.90 Å². The molecule has 6 nitrogen and oxygen atoms in total. The molecule has 0 aliphatic carbocycles. The summed E-state index contributed by atoms with van der Waals surface area (Å²) in [4.78, 5) is 13.6. The van der Waals surface area contributed by atoms with Gasteiger partial charge in [-0.05, 0) is 31.5 Å². The third kappa shape index (κ3) is 3.05. The van der Waals surface area contributed by atoms with Crippen LogP contribution in [-0.4, -0.2) is 44.4 Å². The van der Waals surface area contributed by atoms with Crippen LogP contribution in [0.25, 0.3) is 6.08 Å². The number of aryl methyl sites for hydroxylation is 1. The largest absolute Gasteiger partial charge is 0.481 e. The van der Waals surface area contributed by atoms with Gasteiger partial charge in [0.1, 0.15) is 11.4 Å². The number of aromatic carboxylic acids is 1. The van der Waals surface area contributed by atoms with Crippen LogP contribution >= 0.6 is 0 Å². The molecule has 25 heavy (non-hydrogen) atoms. The van der Waals surface area contributed by atoms with E-state index in [0.717, 1.165) is 42.8 Å². The lowest BCUT2D eigenvalue weighted by atomic mass is 9.89. The number of benzene rings is 1. The molecule has 4 rings (SSSR count). The lowest BCUT2D eigenvalue weighted by molar-refractivity contribution is 0.0239. The molecule has 6 heteroatoms. The molecule has 1 saturated heterocycles. The lowest BCUT2D eigenvalue weighted by Gasteiger charge is -2.42. The molecule has 1 fully saturated rings. The molecule has 0 radical (unpaired) electrons. The maximum absolute atomic E-state index is 11.4. The number of aromatic nitrogens is 2. The Kier molecular flexibility index (Phi) is 3.84. The average Bonchev–Trinajstić information content (AvgIpc) is 2.95. The van der Waals surface area contributed by atoms with Gasteiger partial charge in [-0.1, -0.05) is 24.3 Å². The van der Waals surface area contributed by atoms with Crippen molar-refractivity contribution in [2.24, 2.45) is 7.05 Å². The number of rotatable bonds is 3. The molecule has 1 atom stereocenters. The zero-order valence-corrected chi connectivity index (χ0v) is 14.2. The van der Waals surface area contributed by atoms with Crippen LogP contribution in [0.4, 0.5) is 0 Å². The summed E-state index contributed by atoms with van der Waals surface area (Å²) in [6, 6.07) is 8.05. The fraction of sp³-hybridized carbons (Fsp3) is 0.368. The number of fused-ring (bicyclic) bond motifs is 1. The molecule has 1 aromatic heterocycles. The third-order valence-corrected chi connectivity index (χ3v) is 4.87. The first-order valence-electron chi connectivity index (χ1n) is 8.50. The van der Waals surface area contributed by atoms with Crippen molar-refractivity contribution in [1.82, 2.24) is 14.7 Å². The molecular weight excluding hydrogens is 318 g/mol. The molecule has 0 amide bonds. The third-order valence-electron chi connectivity index (χ3n) is 4.87. The topological polar surface area (TPSA) is 67.6 Å². The van der Waals surface area contributed by atoms with Gasteiger partial charge in [-0.3, -0.25) is 9.58 Å². The number of carboxylic acids is 1. The first-order chi connectivity index (χ1) is 12.0. The zero-order chi connectivity index (χ0) is 17.4. The molecule has 3 heterocycles. The Morgan fingerprint density at radius 3 is 3.08 bits per heavy atom. The number of ether oxygens (including phenoxy) is 1. The smallest absolute Gasteiger partial charge is 0.356 e. The van der Waals surface area contributed by atoms with Crippen molar-refractivity contribution in [3.63, 3.8) is 0 Å². The SMILES string of the molecule is Cn1cc(CN2CCCC3(C=Cc4ccccc4O3)C2)c(C(=O)O)n1. The van der Waals surface area contributed by atoms with Crippen molar-refractivity contribution in [3.05, 3.63) is 53.4 Å². The summed E-state index contributed by atoms with van der Waals surface area (Å²) in [5.41, 5.74) is 1.64. The van der Waals surface area contributed by atoms with Crippen LogP contribution in [0.5, 0.6) is 5.75 Å². The highest BCUT2D eigenvalue weighted by Gasteiger charge is 2.37. The Balaban J connectivity index is 1.54. The number of para-hydroxylation sites is 1. The molecular formula is C19H21N3O3. The molecule has 1 N–H and O–H groups in total. The van der Waals surface area contributed by atoms with Crippen LogP contribution in [0.2, 0.25) is 0 Å². The predicted molar refractivity (Wildman–Crippen MR) is 93.5 cm³/mol. The number of piperidine rings is 1. The van der Waals surface area contributed by atoms with Gasteiger partial charge in [0, 0.05) is 37.5 Å². The maximum Gasteiger partial charge on any atom is 0.356 e. The summed E-state index contributed by atoms with van der Waals surface area (Å²) >= 11 is 0. The molecule has 1 unspecified atom stereocenters. The van der Waals surface area contributed by atoms with E-state index in [2.05, 4.69) is 22.2 Å². The fourth-order valence-electron chi connectivity index (χ4n) is 3.77. The van der Waals surface area contributed by atoms with Gasteiger partial charge in [-0.25, -0.2) is 4.79 Å². The molecule has 2 aliphatic rings. The van der Waals surface area contributed by atoms with Crippen molar-refractivity contribution in [3.8, 4) is 5.75 Å². The van der Waals surface area contributed by atoms with Gasteiger partial charge >= 0.3 is 5.97 Å². The van der Waals surface area contributed by atoms with Crippen LogP contribution in [0.3, 0.4) is 0 Å². The second-order valence-corrected chi connectivity index (χ2v) is 6.83. The van der Waals surface area contributed by atoms with Gasteiger partial charge < -0.3 is 9.84 Å². The van der Waals surface area contributed by atoms with Crippen molar-refractivity contribution in [2.45, 2.75) is 25.0 Å². The van der Waals surface area contributed by atoms with E-state index in [0.29, 0.717) is 6.54 Å². The molecule has 0 bridgehead atoms. The Bertz CT molecular complexity index is 842. The number of carbonyl (C=O) groups is 1. The Labute approximate surface area is 146 Å². The first-order valence-corrected chi connectivity index (χ1v) is 8.50. The van der Waals surface area contributed by atoms with Crippen molar-refractivity contribution >= 4 is 12.0 Å². The summed E-state index contributed by atoms with van der Waals surface area (Å²) in [6.07, 6.45) is 8.05. The number of hydrogen-bond donors (Lipinski definition) is 1. The second kappa shape index (κ2) is 6.04. The predicted octanol–water partition coefficient (Wildman–Crippen LogP) is 2.56. The van der Waals surface area contributed by atoms with Gasteiger partial charge in [-0.15, -0.1) is 0 Å². The van der Waals surface area contributed by atoms with Crippen molar-refractivity contribution in [2.75, 3.05) is 13.1 Å². The van der Waals surface area contributed by atoms with Crippen molar-refractivity contribution in [1.29, 1.82) is 0 Å². The van der Waals surface area contributed by atoms with Crippen LogP contribution in [0.15, 0.2) is 36.5 Å². The van der Waals surface area contributed by atoms with E-state index >= 15 is 0 Å². The van der Waals surface area contributed by atoms with E-state index < -0.39 is 5.97 Å². The minimum absolute atomic E-state index is 0.132. The van der Waals surface area contributed by atoms with E-state index in [4.69, 9.17) is 4.74 Å². The Morgan fingerprint density at radius 2 is 2.24 bits per heavy atom. The molecule has 2 aliphatic heterocycles. The zero-order valence-electron chi connectivity index (χ0n) is 14.2. The first kappa shape index (κ1) is 15.9. The van der Waals surface area contributed by atoms with E-state index in [1.54, 1.807) is 17.9 Å². The number of likely N-dealkylation sites (tertiary alicyclic amines) is 1. The summed E-state index contributed by atoms with van der Waals surface area (Å²) < 4.78 is 7.91. The highest BCUT2D eigenvalue weighted by molar-refractivity contribution is 5.86. The average molecular weight is 339 g/mol. The summed E-state index contributed by atoms with van der Waals surface area (Å²) in [7, 11) is 1.75. The van der Waals surface area contributed by atoms with E-state index in [1.165, 1.54) is 0 Å². The van der Waals surface area contributed by atoms with Gasteiger partial charge in [-0.2, -0.15) is 5.10 Å². The summed E-state index contributed by atoms with van der Waals surface area (Å²) in [5, 5.41) is 13.4. The number of hydrogen-bond acceptors (Lipinski definition) is 4. The van der Waals surface area contributed by atoms with Crippen LogP contribution in [-0.2, 0) is 13.6 Å². The van der Waals surface area contributed by atoms with Crippen molar-refractivity contribution < 1.29 is 14.6 Å². The monoisotopic (exact) mass is 339 g/mol. The summed E-state index contributed by atoms with van der Waals surface area (Å²) in [6.45, 7) is 2.23. The van der Waals surface area contributed by atoms with Gasteiger partial charge in [0.05, 0.1) is 0 Å². The minimum Gasteiger partial charge on any atom is -0.481 e. The van der Waals surface area contributed by atoms with E-state index in [-0.39, 0.29) is 11.3 Å². The molecule has 0 saturated carbocycles. The quantitative estimate of drug-likeness (QED) is 0.931. The van der Waals surface area contributed by atoms with E-state index in [1.807, 2.05) is 24.3 Å². The number of carboxylic acid groups (broad SMARTS) is 1. The fourth-order valence-corrected chi connectivity index (χ4v) is 3.77. The molecule has 130 valence electrons. The van der Waals surface area contributed by atoms with Gasteiger partial charge in [0.25, 0.3) is 0 Å². The Morgan fingerprint density at radius 1 is 1.40 bits per heavy atom. The maximum atomic E-state index is 11.4. The van der Waals surface area contributed by atoms with Crippen LogP contribution in [0, 0.1) is 0 Å². The molecule has 1 spiro atoms. The van der Waals surface area contributed by atoms with Gasteiger partial charge in [0.15, 0.2) is 5.69 Å². The number of nitrogens with zero attached hydrogens (tertiary/aromatic N) is 3. The van der Waals surface area contributed by atoms with Crippen LogP contribution < -0.4 is 4.74 Å². The van der Waals surface area contributed by atoms with Gasteiger partial charge in [0.2, 0.25) is 0 Å². The lowest BCUT2D eigenvalue weighted by Crippen LogP contribution is -2.51. The standard InChI is InChI=1S/C19H21N3O3/c1-21-11-15(17(20-21)18(23)24)12-22-10-4-8-19(13-22)9-7-14-5-2-3-6-16(14)25-19/h2-3,5-7,9,11H,4,8,10,12-13H2,1H3,(H,23,24). The molecule has 2 aromatic rings. The highest BCUT2D eigenvalue weighted by Crippen LogP contribution is 2.36. The van der Waals surface area contributed by atoms with Crippen LogP contribution in [0.1, 0.15) is 34.5 Å². The molecule has 1 aromatic carbocycles. The highest BCUT2D eigenvalue weighted by atomic mass is 16.5. The Hall–Kier alpha value is -2.60. The summed E-state index contributed by atoms with van der Waals surface area (Å²) in [5.74, 6) is -0.0653. The minimum atomic E-state index is -0.981. The second-order valence-electron chi connectivity index (χ2n) is 6.83. The normalized spacial score (nSPS) is 22.6.